The lowest BCUT2D eigenvalue weighted by Gasteiger charge is -2.00. The molecule has 0 aliphatic carbocycles. The molecular formula is C15H14N2O. The summed E-state index contributed by atoms with van der Waals surface area (Å²) in [6.45, 7) is 0. The van der Waals surface area contributed by atoms with Crippen LogP contribution in [0.1, 0.15) is 5.56 Å². The van der Waals surface area contributed by atoms with Gasteiger partial charge in [0.25, 0.3) is 0 Å². The second-order valence-electron chi connectivity index (χ2n) is 3.86. The van der Waals surface area contributed by atoms with Crippen molar-refractivity contribution in [2.45, 2.75) is 0 Å². The third kappa shape index (κ3) is 3.49. The van der Waals surface area contributed by atoms with Crippen molar-refractivity contribution in [3.63, 3.8) is 0 Å². The van der Waals surface area contributed by atoms with Gasteiger partial charge in [0.2, 0.25) is 5.91 Å². The molecule has 3 nitrogen and oxygen atoms in total. The van der Waals surface area contributed by atoms with Crippen molar-refractivity contribution in [3.05, 3.63) is 66.2 Å². The van der Waals surface area contributed by atoms with Crippen LogP contribution < -0.4 is 11.1 Å². The second-order valence-corrected chi connectivity index (χ2v) is 3.86. The molecule has 2 aromatic rings. The summed E-state index contributed by atoms with van der Waals surface area (Å²) in [6.07, 6.45) is 3.22. The quantitative estimate of drug-likeness (QED) is 0.638. The predicted molar refractivity (Wildman–Crippen MR) is 75.0 cm³/mol. The summed E-state index contributed by atoms with van der Waals surface area (Å²) in [4.78, 5) is 11.6. The van der Waals surface area contributed by atoms with Crippen molar-refractivity contribution < 1.29 is 4.79 Å². The zero-order valence-corrected chi connectivity index (χ0v) is 9.84. The van der Waals surface area contributed by atoms with E-state index in [1.807, 2.05) is 48.5 Å². The molecule has 0 radical (unpaired) electrons. The minimum atomic E-state index is -0.163. The monoisotopic (exact) mass is 238 g/mol. The van der Waals surface area contributed by atoms with E-state index in [1.54, 1.807) is 12.1 Å². The van der Waals surface area contributed by atoms with Gasteiger partial charge in [-0.2, -0.15) is 0 Å². The summed E-state index contributed by atoms with van der Waals surface area (Å²) < 4.78 is 0. The molecule has 0 spiro atoms. The fourth-order valence-electron chi connectivity index (χ4n) is 1.54. The minimum Gasteiger partial charge on any atom is -0.399 e. The van der Waals surface area contributed by atoms with Gasteiger partial charge in [0.05, 0.1) is 0 Å². The van der Waals surface area contributed by atoms with Crippen LogP contribution in [0.5, 0.6) is 0 Å². The number of para-hydroxylation sites is 1. The fourth-order valence-corrected chi connectivity index (χ4v) is 1.54. The van der Waals surface area contributed by atoms with Crippen LogP contribution in [-0.4, -0.2) is 5.91 Å². The molecule has 2 aromatic carbocycles. The number of carbonyl (C=O) groups excluding carboxylic acids is 1. The van der Waals surface area contributed by atoms with Crippen LogP contribution in [0.3, 0.4) is 0 Å². The molecule has 0 fully saturated rings. The number of anilines is 2. The van der Waals surface area contributed by atoms with E-state index in [2.05, 4.69) is 5.32 Å². The van der Waals surface area contributed by atoms with Crippen molar-refractivity contribution in [2.75, 3.05) is 11.1 Å². The first kappa shape index (κ1) is 11.9. The van der Waals surface area contributed by atoms with Crippen LogP contribution in [0, 0.1) is 0 Å². The average Bonchev–Trinajstić information content (AvgIpc) is 2.38. The zero-order chi connectivity index (χ0) is 12.8. The summed E-state index contributed by atoms with van der Waals surface area (Å²) in [5, 5.41) is 2.77. The lowest BCUT2D eigenvalue weighted by Crippen LogP contribution is -2.07. The molecule has 0 atom stereocenters. The molecule has 1 amide bonds. The Morgan fingerprint density at radius 3 is 2.56 bits per heavy atom. The lowest BCUT2D eigenvalue weighted by molar-refractivity contribution is -0.111. The standard InChI is InChI=1S/C15H14N2O/c16-13-6-4-5-12(11-13)9-10-15(18)17-14-7-2-1-3-8-14/h1-11H,16H2,(H,17,18). The molecule has 0 unspecified atom stereocenters. The maximum atomic E-state index is 11.6. The van der Waals surface area contributed by atoms with Crippen molar-refractivity contribution in [1.29, 1.82) is 0 Å². The maximum Gasteiger partial charge on any atom is 0.248 e. The number of amides is 1. The Morgan fingerprint density at radius 2 is 1.83 bits per heavy atom. The van der Waals surface area contributed by atoms with Crippen LogP contribution in [0.4, 0.5) is 11.4 Å². The van der Waals surface area contributed by atoms with Gasteiger partial charge in [-0.05, 0) is 35.9 Å². The van der Waals surface area contributed by atoms with Gasteiger partial charge in [0, 0.05) is 17.5 Å². The third-order valence-corrected chi connectivity index (χ3v) is 2.38. The van der Waals surface area contributed by atoms with Crippen LogP contribution >= 0.6 is 0 Å². The molecule has 18 heavy (non-hydrogen) atoms. The fraction of sp³-hybridized carbons (Fsp3) is 0. The summed E-state index contributed by atoms with van der Waals surface area (Å²) in [5.41, 5.74) is 8.01. The van der Waals surface area contributed by atoms with Gasteiger partial charge in [-0.25, -0.2) is 0 Å². The topological polar surface area (TPSA) is 55.1 Å². The maximum absolute atomic E-state index is 11.6. The number of carbonyl (C=O) groups is 1. The molecule has 0 bridgehead atoms. The van der Waals surface area contributed by atoms with Gasteiger partial charge < -0.3 is 11.1 Å². The first-order valence-corrected chi connectivity index (χ1v) is 5.64. The molecule has 3 N–H and O–H groups in total. The normalized spacial score (nSPS) is 10.4. The van der Waals surface area contributed by atoms with Crippen LogP contribution in [0.15, 0.2) is 60.7 Å². The van der Waals surface area contributed by atoms with Crippen molar-refractivity contribution in [1.82, 2.24) is 0 Å². The van der Waals surface area contributed by atoms with E-state index in [-0.39, 0.29) is 5.91 Å². The molecule has 90 valence electrons. The van der Waals surface area contributed by atoms with E-state index in [0.717, 1.165) is 11.3 Å². The summed E-state index contributed by atoms with van der Waals surface area (Å²) in [5.74, 6) is -0.163. The first-order valence-electron chi connectivity index (χ1n) is 5.64. The van der Waals surface area contributed by atoms with E-state index in [1.165, 1.54) is 6.08 Å². The molecule has 0 aliphatic rings. The van der Waals surface area contributed by atoms with E-state index >= 15 is 0 Å². The second kappa shape index (κ2) is 5.68. The van der Waals surface area contributed by atoms with E-state index < -0.39 is 0 Å². The lowest BCUT2D eigenvalue weighted by atomic mass is 10.2. The SMILES string of the molecule is Nc1cccc(C=CC(=O)Nc2ccccc2)c1. The predicted octanol–water partition coefficient (Wildman–Crippen LogP) is 2.92. The molecule has 0 saturated carbocycles. The number of nitrogens with two attached hydrogens (primary N) is 1. The Kier molecular flexibility index (Phi) is 3.76. The summed E-state index contributed by atoms with van der Waals surface area (Å²) >= 11 is 0. The van der Waals surface area contributed by atoms with Crippen LogP contribution in [0.2, 0.25) is 0 Å². The Morgan fingerprint density at radius 1 is 1.06 bits per heavy atom. The van der Waals surface area contributed by atoms with Gasteiger partial charge in [-0.1, -0.05) is 30.3 Å². The molecule has 0 heterocycles. The Labute approximate surface area is 106 Å². The van der Waals surface area contributed by atoms with Gasteiger partial charge in [0.1, 0.15) is 0 Å². The molecule has 0 aromatic heterocycles. The average molecular weight is 238 g/mol. The highest BCUT2D eigenvalue weighted by Crippen LogP contribution is 2.09. The number of hydrogen-bond acceptors (Lipinski definition) is 2. The highest BCUT2D eigenvalue weighted by molar-refractivity contribution is 6.01. The molecular weight excluding hydrogens is 224 g/mol. The first-order chi connectivity index (χ1) is 8.74. The van der Waals surface area contributed by atoms with Crippen LogP contribution in [-0.2, 0) is 4.79 Å². The highest BCUT2D eigenvalue weighted by Gasteiger charge is 1.96. The third-order valence-electron chi connectivity index (χ3n) is 2.38. The van der Waals surface area contributed by atoms with Gasteiger partial charge in [0.15, 0.2) is 0 Å². The Bertz CT molecular complexity index is 562. The van der Waals surface area contributed by atoms with Gasteiger partial charge in [-0.15, -0.1) is 0 Å². The van der Waals surface area contributed by atoms with Crippen molar-refractivity contribution in [3.8, 4) is 0 Å². The number of benzene rings is 2. The smallest absolute Gasteiger partial charge is 0.248 e. The summed E-state index contributed by atoms with van der Waals surface area (Å²) in [6, 6.07) is 16.7. The minimum absolute atomic E-state index is 0.163. The van der Waals surface area contributed by atoms with E-state index in [9.17, 15) is 4.79 Å². The largest absolute Gasteiger partial charge is 0.399 e. The summed E-state index contributed by atoms with van der Waals surface area (Å²) in [7, 11) is 0. The zero-order valence-electron chi connectivity index (χ0n) is 9.84. The van der Waals surface area contributed by atoms with Gasteiger partial charge in [-0.3, -0.25) is 4.79 Å². The Balaban J connectivity index is 1.99. The van der Waals surface area contributed by atoms with Gasteiger partial charge >= 0.3 is 0 Å². The van der Waals surface area contributed by atoms with Crippen molar-refractivity contribution >= 4 is 23.4 Å². The van der Waals surface area contributed by atoms with Crippen molar-refractivity contribution in [2.24, 2.45) is 0 Å². The Hall–Kier alpha value is -2.55. The van der Waals surface area contributed by atoms with E-state index in [0.29, 0.717) is 5.69 Å². The number of hydrogen-bond donors (Lipinski definition) is 2. The molecule has 0 saturated heterocycles. The van der Waals surface area contributed by atoms with E-state index in [4.69, 9.17) is 5.73 Å². The number of rotatable bonds is 3. The highest BCUT2D eigenvalue weighted by atomic mass is 16.1. The van der Waals surface area contributed by atoms with Crippen LogP contribution in [0.25, 0.3) is 6.08 Å². The number of nitrogen functional groups attached to an aromatic ring is 1. The molecule has 0 aliphatic heterocycles. The number of nitrogens with one attached hydrogen (secondary N) is 1. The molecule has 2 rings (SSSR count). The molecule has 3 heteroatoms.